The highest BCUT2D eigenvalue weighted by molar-refractivity contribution is 6.21. The molecule has 0 saturated carbocycles. The monoisotopic (exact) mass is 346 g/mol. The number of amidine groups is 1. The summed E-state index contributed by atoms with van der Waals surface area (Å²) in [5.41, 5.74) is 2.02. The van der Waals surface area contributed by atoms with Gasteiger partial charge < -0.3 is 0 Å². The highest BCUT2D eigenvalue weighted by Crippen LogP contribution is 2.35. The average Bonchev–Trinajstić information content (AvgIpc) is 3.05. The molecule has 8 nitrogen and oxygen atoms in total. The number of likely N-dealkylation sites (N-methyl/N-ethyl adjacent to an activating group) is 1. The largest absolute Gasteiger partial charge is 0.402 e. The lowest BCUT2D eigenvalue weighted by Gasteiger charge is -2.32. The molecule has 1 aromatic heterocycles. The fourth-order valence-electron chi connectivity index (χ4n) is 3.45. The smallest absolute Gasteiger partial charge is 0.298 e. The van der Waals surface area contributed by atoms with E-state index in [1.54, 1.807) is 7.05 Å². The third-order valence-corrected chi connectivity index (χ3v) is 4.94. The third-order valence-electron chi connectivity index (χ3n) is 4.94. The van der Waals surface area contributed by atoms with Gasteiger partial charge in [-0.15, -0.1) is 0 Å². The van der Waals surface area contributed by atoms with Crippen LogP contribution in [0.3, 0.4) is 0 Å². The van der Waals surface area contributed by atoms with Crippen molar-refractivity contribution < 1.29 is 19.0 Å². The maximum absolute atomic E-state index is 13.0. The number of aliphatic imine (C=N–C) groups is 1. The van der Waals surface area contributed by atoms with E-state index in [0.29, 0.717) is 11.8 Å². The van der Waals surface area contributed by atoms with Crippen molar-refractivity contribution in [3.8, 4) is 0 Å². The Morgan fingerprint density at radius 1 is 1.28 bits per heavy atom. The second-order valence-corrected chi connectivity index (χ2v) is 6.69. The Labute approximate surface area is 146 Å². The Bertz CT molecular complexity index is 808. The van der Waals surface area contributed by atoms with Gasteiger partial charge in [-0.2, -0.15) is 0 Å². The Morgan fingerprint density at radius 3 is 2.56 bits per heavy atom. The van der Waals surface area contributed by atoms with Gasteiger partial charge in [0.2, 0.25) is 11.9 Å². The number of imide groups is 1. The van der Waals surface area contributed by atoms with Crippen molar-refractivity contribution in [2.24, 2.45) is 4.99 Å². The van der Waals surface area contributed by atoms with Gasteiger partial charge in [-0.3, -0.25) is 19.4 Å². The molecule has 8 heteroatoms. The predicted octanol–water partition coefficient (Wildman–Crippen LogP) is 1.26. The molecule has 134 valence electrons. The summed E-state index contributed by atoms with van der Waals surface area (Å²) in [5.74, 6) is 0.503. The molecule has 25 heavy (non-hydrogen) atoms. The second kappa shape index (κ2) is 6.09. The van der Waals surface area contributed by atoms with E-state index < -0.39 is 18.0 Å². The quantitative estimate of drug-likeness (QED) is 0.753. The zero-order valence-electron chi connectivity index (χ0n) is 15.4. The Kier molecular flexibility index (Phi) is 4.22. The summed E-state index contributed by atoms with van der Waals surface area (Å²) in [6.07, 6.45) is 2.07. The van der Waals surface area contributed by atoms with Crippen LogP contribution in [0.25, 0.3) is 0 Å². The van der Waals surface area contributed by atoms with Crippen LogP contribution < -0.4 is 4.57 Å². The van der Waals surface area contributed by atoms with E-state index in [1.807, 2.05) is 18.4 Å². The number of urea groups is 1. The van der Waals surface area contributed by atoms with Gasteiger partial charge in [-0.1, -0.05) is 18.3 Å². The minimum atomic E-state index is -0.682. The summed E-state index contributed by atoms with van der Waals surface area (Å²) < 4.78 is 3.99. The van der Waals surface area contributed by atoms with E-state index in [4.69, 9.17) is 0 Å². The molecule has 3 amide bonds. The van der Waals surface area contributed by atoms with E-state index in [-0.39, 0.29) is 12.3 Å². The van der Waals surface area contributed by atoms with Gasteiger partial charge >= 0.3 is 12.0 Å². The number of carbonyl (C=O) groups is 3. The lowest BCUT2D eigenvalue weighted by atomic mass is 10.1. The van der Waals surface area contributed by atoms with Crippen LogP contribution in [-0.2, 0) is 16.1 Å². The van der Waals surface area contributed by atoms with Crippen LogP contribution in [0.1, 0.15) is 44.1 Å². The molecule has 2 aliphatic heterocycles. The van der Waals surface area contributed by atoms with Crippen molar-refractivity contribution in [3.63, 3.8) is 0 Å². The van der Waals surface area contributed by atoms with Crippen LogP contribution in [0, 0.1) is 13.8 Å². The number of carbonyl (C=O) groups excluding carboxylic acids is 3. The molecule has 3 heterocycles. The first-order chi connectivity index (χ1) is 11.8. The fraction of sp³-hybridized carbons (Fsp3) is 0.588. The maximum Gasteiger partial charge on any atom is 0.402 e. The summed E-state index contributed by atoms with van der Waals surface area (Å²) in [6, 6.07) is -1.19. The Morgan fingerprint density at radius 2 is 1.96 bits per heavy atom. The number of fused-ring (bicyclic) bond motifs is 3. The SMILES string of the molecule is CCCC[n+]1c(C)c(C)n2c1N=C1C2C(=O)N(CC(C)=O)C(=O)N1C. The van der Waals surface area contributed by atoms with Crippen molar-refractivity contribution in [2.45, 2.75) is 53.1 Å². The van der Waals surface area contributed by atoms with E-state index in [2.05, 4.69) is 16.5 Å². The number of nitrogens with zero attached hydrogens (tertiary/aromatic N) is 5. The summed E-state index contributed by atoms with van der Waals surface area (Å²) in [6.45, 7) is 8.07. The van der Waals surface area contributed by atoms with Gasteiger partial charge in [0, 0.05) is 7.05 Å². The number of hydrogen-bond acceptors (Lipinski definition) is 4. The minimum Gasteiger partial charge on any atom is -0.298 e. The summed E-state index contributed by atoms with van der Waals surface area (Å²) in [7, 11) is 1.60. The molecule has 1 atom stereocenters. The molecule has 1 aromatic rings. The van der Waals surface area contributed by atoms with Crippen molar-refractivity contribution in [3.05, 3.63) is 11.4 Å². The number of hydrogen-bond donors (Lipinski definition) is 0. The molecule has 0 spiro atoms. The lowest BCUT2D eigenvalue weighted by Crippen LogP contribution is -2.58. The van der Waals surface area contributed by atoms with Crippen molar-refractivity contribution in [1.82, 2.24) is 14.4 Å². The van der Waals surface area contributed by atoms with Crippen LogP contribution in [0.5, 0.6) is 0 Å². The van der Waals surface area contributed by atoms with Gasteiger partial charge in [-0.05, 0) is 27.2 Å². The minimum absolute atomic E-state index is 0.212. The van der Waals surface area contributed by atoms with E-state index >= 15 is 0 Å². The van der Waals surface area contributed by atoms with Gasteiger partial charge in [0.05, 0.1) is 13.1 Å². The molecule has 0 bridgehead atoms. The number of amides is 3. The topological polar surface area (TPSA) is 78.9 Å². The first-order valence-electron chi connectivity index (χ1n) is 8.57. The molecule has 0 aromatic carbocycles. The molecule has 2 aliphatic rings. The van der Waals surface area contributed by atoms with Gasteiger partial charge in [0.15, 0.2) is 0 Å². The van der Waals surface area contributed by atoms with E-state index in [0.717, 1.165) is 35.7 Å². The summed E-state index contributed by atoms with van der Waals surface area (Å²) in [4.78, 5) is 43.9. The predicted molar refractivity (Wildman–Crippen MR) is 90.7 cm³/mol. The van der Waals surface area contributed by atoms with Gasteiger partial charge in [-0.25, -0.2) is 13.9 Å². The highest BCUT2D eigenvalue weighted by Gasteiger charge is 2.54. The molecular weight excluding hydrogens is 322 g/mol. The highest BCUT2D eigenvalue weighted by atomic mass is 16.2. The molecule has 0 radical (unpaired) electrons. The van der Waals surface area contributed by atoms with Crippen LogP contribution in [0.2, 0.25) is 0 Å². The van der Waals surface area contributed by atoms with Crippen LogP contribution in [0.4, 0.5) is 10.7 Å². The standard InChI is InChI=1S/C17H24N5O3/c1-6-7-8-20-11(3)12(4)22-13-14(18-16(20)22)19(5)17(25)21(15(13)24)9-10(2)23/h13H,6-9H2,1-5H3/q+1. The van der Waals surface area contributed by atoms with Crippen molar-refractivity contribution in [1.29, 1.82) is 0 Å². The van der Waals surface area contributed by atoms with Crippen molar-refractivity contribution in [2.75, 3.05) is 13.6 Å². The normalized spacial score (nSPS) is 19.2. The fourth-order valence-corrected chi connectivity index (χ4v) is 3.45. The zero-order valence-corrected chi connectivity index (χ0v) is 15.4. The van der Waals surface area contributed by atoms with E-state index in [9.17, 15) is 14.4 Å². The first-order valence-corrected chi connectivity index (χ1v) is 8.57. The number of aromatic nitrogens is 2. The molecular formula is C17H24N5O3+. The van der Waals surface area contributed by atoms with Crippen molar-refractivity contribution >= 4 is 29.5 Å². The van der Waals surface area contributed by atoms with Gasteiger partial charge in [0.25, 0.3) is 5.91 Å². The molecule has 1 unspecified atom stereocenters. The number of unbranched alkanes of at least 4 members (excludes halogenated alkanes) is 1. The molecule has 1 saturated heterocycles. The number of ketones is 1. The Hall–Kier alpha value is -2.51. The first kappa shape index (κ1) is 17.3. The maximum atomic E-state index is 13.0. The van der Waals surface area contributed by atoms with Gasteiger partial charge in [0.1, 0.15) is 17.2 Å². The van der Waals surface area contributed by atoms with E-state index in [1.165, 1.54) is 11.8 Å². The zero-order chi connectivity index (χ0) is 18.5. The van der Waals surface area contributed by atoms with Crippen LogP contribution >= 0.6 is 0 Å². The number of rotatable bonds is 5. The summed E-state index contributed by atoms with van der Waals surface area (Å²) in [5, 5.41) is 0. The molecule has 3 rings (SSSR count). The summed E-state index contributed by atoms with van der Waals surface area (Å²) >= 11 is 0. The van der Waals surface area contributed by atoms with Crippen LogP contribution in [-0.4, -0.2) is 51.5 Å². The number of imidazole rings is 1. The molecule has 0 aliphatic carbocycles. The molecule has 1 fully saturated rings. The Balaban J connectivity index is 2.10. The lowest BCUT2D eigenvalue weighted by molar-refractivity contribution is -0.689. The van der Waals surface area contributed by atoms with Crippen LogP contribution in [0.15, 0.2) is 4.99 Å². The number of Topliss-reactive ketones (excluding diaryl/α,β-unsaturated/α-hetero) is 1. The average molecular weight is 346 g/mol. The second-order valence-electron chi connectivity index (χ2n) is 6.69. The molecule has 0 N–H and O–H groups in total. The third kappa shape index (κ3) is 2.47.